The Bertz CT molecular complexity index is 1170. The minimum absolute atomic E-state index is 0.0584. The molecule has 1 saturated heterocycles. The largest absolute Gasteiger partial charge is 0.497 e. The van der Waals surface area contributed by atoms with E-state index < -0.39 is 0 Å². The topological polar surface area (TPSA) is 69.5 Å². The van der Waals surface area contributed by atoms with Gasteiger partial charge in [0.2, 0.25) is 0 Å². The number of hydrogen-bond donors (Lipinski definition) is 0. The summed E-state index contributed by atoms with van der Waals surface area (Å²) in [4.78, 5) is 22.3. The lowest BCUT2D eigenvalue weighted by Crippen LogP contribution is -2.49. The van der Waals surface area contributed by atoms with E-state index >= 15 is 0 Å². The number of nitriles is 1. The zero-order valence-electron chi connectivity index (χ0n) is 18.2. The highest BCUT2D eigenvalue weighted by atomic mass is 16.5. The Morgan fingerprint density at radius 2 is 1.81 bits per heavy atom. The molecule has 1 atom stereocenters. The lowest BCUT2D eigenvalue weighted by molar-refractivity contribution is 0.0608. The zero-order chi connectivity index (χ0) is 22.1. The van der Waals surface area contributed by atoms with Crippen LogP contribution in [0.5, 0.6) is 5.75 Å². The fraction of sp³-hybridized carbons (Fsp3) is 0.346. The smallest absolute Gasteiger partial charge is 0.254 e. The average Bonchev–Trinajstić information content (AvgIpc) is 3.70. The SMILES string of the molecule is COc1ccc(C(C#N)N2CCN(C(=O)c3cc(C4CC4)nc4ccccc34)CC2)cc1. The molecule has 2 fully saturated rings. The van der Waals surface area contributed by atoms with Crippen molar-refractivity contribution in [1.29, 1.82) is 5.26 Å². The van der Waals surface area contributed by atoms with E-state index in [-0.39, 0.29) is 11.9 Å². The quantitative estimate of drug-likeness (QED) is 0.613. The summed E-state index contributed by atoms with van der Waals surface area (Å²) < 4.78 is 5.22. The molecule has 162 valence electrons. The molecule has 0 radical (unpaired) electrons. The van der Waals surface area contributed by atoms with E-state index in [9.17, 15) is 10.1 Å². The molecule has 2 aromatic carbocycles. The van der Waals surface area contributed by atoms with Crippen molar-refractivity contribution in [2.24, 2.45) is 0 Å². The second-order valence-corrected chi connectivity index (χ2v) is 8.52. The predicted octanol–water partition coefficient (Wildman–Crippen LogP) is 4.14. The highest BCUT2D eigenvalue weighted by Gasteiger charge is 2.30. The van der Waals surface area contributed by atoms with Crippen LogP contribution < -0.4 is 4.74 Å². The normalized spacial score (nSPS) is 17.7. The highest BCUT2D eigenvalue weighted by molar-refractivity contribution is 6.06. The number of amides is 1. The zero-order valence-corrected chi connectivity index (χ0v) is 18.2. The van der Waals surface area contributed by atoms with Crippen LogP contribution >= 0.6 is 0 Å². The molecule has 1 unspecified atom stereocenters. The minimum Gasteiger partial charge on any atom is -0.497 e. The van der Waals surface area contributed by atoms with Gasteiger partial charge in [-0.25, -0.2) is 0 Å². The molecule has 6 heteroatoms. The third-order valence-electron chi connectivity index (χ3n) is 6.48. The van der Waals surface area contributed by atoms with Crippen molar-refractivity contribution >= 4 is 16.8 Å². The Kier molecular flexibility index (Phi) is 5.50. The molecule has 3 aromatic rings. The molecule has 1 aliphatic heterocycles. The first kappa shape index (κ1) is 20.5. The Hall–Kier alpha value is -3.43. The maximum Gasteiger partial charge on any atom is 0.254 e. The Morgan fingerprint density at radius 3 is 2.47 bits per heavy atom. The Labute approximate surface area is 188 Å². The van der Waals surface area contributed by atoms with Crippen LogP contribution in [0.15, 0.2) is 54.6 Å². The van der Waals surface area contributed by atoms with Crippen LogP contribution in [0, 0.1) is 11.3 Å². The van der Waals surface area contributed by atoms with E-state index in [1.54, 1.807) is 7.11 Å². The predicted molar refractivity (Wildman–Crippen MR) is 123 cm³/mol. The summed E-state index contributed by atoms with van der Waals surface area (Å²) >= 11 is 0. The van der Waals surface area contributed by atoms with Crippen molar-refractivity contribution in [3.8, 4) is 11.8 Å². The van der Waals surface area contributed by atoms with Gasteiger partial charge in [-0.1, -0.05) is 30.3 Å². The number of hydrogen-bond acceptors (Lipinski definition) is 5. The average molecular weight is 427 g/mol. The van der Waals surface area contributed by atoms with E-state index in [2.05, 4.69) is 11.0 Å². The van der Waals surface area contributed by atoms with Gasteiger partial charge in [0.15, 0.2) is 0 Å². The van der Waals surface area contributed by atoms with E-state index in [4.69, 9.17) is 9.72 Å². The summed E-state index contributed by atoms with van der Waals surface area (Å²) in [6.45, 7) is 2.52. The van der Waals surface area contributed by atoms with Crippen LogP contribution in [0.3, 0.4) is 0 Å². The van der Waals surface area contributed by atoms with Crippen LogP contribution in [-0.4, -0.2) is 54.0 Å². The summed E-state index contributed by atoms with van der Waals surface area (Å²) in [5.41, 5.74) is 3.62. The number of piperazine rings is 1. The number of para-hydroxylation sites is 1. The summed E-state index contributed by atoms with van der Waals surface area (Å²) in [5, 5.41) is 10.7. The summed E-state index contributed by atoms with van der Waals surface area (Å²) in [6.07, 6.45) is 2.30. The maximum atomic E-state index is 13.5. The molecule has 1 aliphatic carbocycles. The molecule has 0 N–H and O–H groups in total. The van der Waals surface area contributed by atoms with E-state index in [0.717, 1.165) is 46.3 Å². The number of pyridine rings is 1. The summed E-state index contributed by atoms with van der Waals surface area (Å²) in [5.74, 6) is 1.32. The number of methoxy groups -OCH3 is 1. The Balaban J connectivity index is 1.33. The number of nitrogens with zero attached hydrogens (tertiary/aromatic N) is 4. The monoisotopic (exact) mass is 426 g/mol. The van der Waals surface area contributed by atoms with Gasteiger partial charge in [-0.05, 0) is 42.7 Å². The molecule has 0 bridgehead atoms. The molecule has 32 heavy (non-hydrogen) atoms. The molecule has 1 saturated carbocycles. The number of benzene rings is 2. The second kappa shape index (κ2) is 8.60. The van der Waals surface area contributed by atoms with Crippen molar-refractivity contribution in [1.82, 2.24) is 14.8 Å². The summed E-state index contributed by atoms with van der Waals surface area (Å²) in [6, 6.07) is 19.6. The van der Waals surface area contributed by atoms with E-state index in [1.807, 2.05) is 59.5 Å². The number of carbonyl (C=O) groups is 1. The molecule has 0 spiro atoms. The van der Waals surface area contributed by atoms with Gasteiger partial charge in [0, 0.05) is 43.2 Å². The number of aromatic nitrogens is 1. The third kappa shape index (κ3) is 3.92. The van der Waals surface area contributed by atoms with Gasteiger partial charge in [-0.2, -0.15) is 5.26 Å². The number of carbonyl (C=O) groups excluding carboxylic acids is 1. The van der Waals surface area contributed by atoms with Crippen LogP contribution in [-0.2, 0) is 0 Å². The van der Waals surface area contributed by atoms with Crippen molar-refractivity contribution in [3.63, 3.8) is 0 Å². The lowest BCUT2D eigenvalue weighted by Gasteiger charge is -2.37. The minimum atomic E-state index is -0.332. The van der Waals surface area contributed by atoms with Crippen LogP contribution in [0.1, 0.15) is 46.4 Å². The number of ether oxygens (including phenoxy) is 1. The van der Waals surface area contributed by atoms with Gasteiger partial charge < -0.3 is 9.64 Å². The summed E-state index contributed by atoms with van der Waals surface area (Å²) in [7, 11) is 1.63. The van der Waals surface area contributed by atoms with Gasteiger partial charge >= 0.3 is 0 Å². The van der Waals surface area contributed by atoms with Crippen LogP contribution in [0.2, 0.25) is 0 Å². The first-order valence-electron chi connectivity index (χ1n) is 11.1. The molecular weight excluding hydrogens is 400 g/mol. The number of fused-ring (bicyclic) bond motifs is 1. The molecule has 6 nitrogen and oxygen atoms in total. The van der Waals surface area contributed by atoms with Crippen LogP contribution in [0.25, 0.3) is 10.9 Å². The molecule has 1 aromatic heterocycles. The molecule has 2 heterocycles. The van der Waals surface area contributed by atoms with Gasteiger partial charge in [-0.3, -0.25) is 14.7 Å². The number of rotatable bonds is 5. The van der Waals surface area contributed by atoms with Crippen LogP contribution in [0.4, 0.5) is 0 Å². The fourth-order valence-corrected chi connectivity index (χ4v) is 4.47. The highest BCUT2D eigenvalue weighted by Crippen LogP contribution is 2.40. The maximum absolute atomic E-state index is 13.5. The van der Waals surface area contributed by atoms with E-state index in [1.165, 1.54) is 0 Å². The fourth-order valence-electron chi connectivity index (χ4n) is 4.47. The van der Waals surface area contributed by atoms with Crippen molar-refractivity contribution < 1.29 is 9.53 Å². The molecular formula is C26H26N4O2. The van der Waals surface area contributed by atoms with Crippen molar-refractivity contribution in [2.75, 3.05) is 33.3 Å². The standard InChI is InChI=1S/C26H26N4O2/c1-32-20-10-8-19(9-11-20)25(17-27)29-12-14-30(15-13-29)26(31)22-16-24(18-6-7-18)28-23-5-3-2-4-21(22)23/h2-5,8-11,16,18,25H,6-7,12-15H2,1H3. The molecule has 5 rings (SSSR count). The second-order valence-electron chi connectivity index (χ2n) is 8.52. The van der Waals surface area contributed by atoms with Gasteiger partial charge in [-0.15, -0.1) is 0 Å². The van der Waals surface area contributed by atoms with Gasteiger partial charge in [0.05, 0.1) is 24.3 Å². The molecule has 2 aliphatic rings. The Morgan fingerprint density at radius 1 is 1.09 bits per heavy atom. The third-order valence-corrected chi connectivity index (χ3v) is 6.48. The first-order valence-corrected chi connectivity index (χ1v) is 11.1. The molecule has 1 amide bonds. The van der Waals surface area contributed by atoms with Gasteiger partial charge in [0.1, 0.15) is 11.8 Å². The first-order chi connectivity index (χ1) is 15.7. The lowest BCUT2D eigenvalue weighted by atomic mass is 10.0. The van der Waals surface area contributed by atoms with Crippen molar-refractivity contribution in [3.05, 3.63) is 71.4 Å². The van der Waals surface area contributed by atoms with E-state index in [0.29, 0.717) is 32.1 Å². The van der Waals surface area contributed by atoms with Gasteiger partial charge in [0.25, 0.3) is 5.91 Å². The van der Waals surface area contributed by atoms with Crippen molar-refractivity contribution in [2.45, 2.75) is 24.8 Å².